The van der Waals surface area contributed by atoms with Crippen LogP contribution in [0.3, 0.4) is 0 Å². The summed E-state index contributed by atoms with van der Waals surface area (Å²) in [6, 6.07) is 0. The second-order valence-electron chi connectivity index (χ2n) is 3.81. The fourth-order valence-corrected chi connectivity index (χ4v) is 1.99. The Kier molecular flexibility index (Phi) is 3.75. The highest BCUT2D eigenvalue weighted by atomic mass is 35.5. The lowest BCUT2D eigenvalue weighted by molar-refractivity contribution is -0.187. The zero-order chi connectivity index (χ0) is 9.31. The Labute approximate surface area is 89.7 Å². The minimum atomic E-state index is -0.333. The van der Waals surface area contributed by atoms with Crippen LogP contribution in [0.25, 0.3) is 0 Å². The minimum Gasteiger partial charge on any atom is -0.467 e. The Morgan fingerprint density at radius 2 is 2.29 bits per heavy atom. The molecule has 0 aliphatic carbocycles. The number of carbonyl (C=O) groups excluding carboxylic acids is 1. The molecule has 2 fully saturated rings. The maximum absolute atomic E-state index is 11.2. The summed E-state index contributed by atoms with van der Waals surface area (Å²) in [5, 5.41) is 3.17. The molecule has 0 aromatic rings. The van der Waals surface area contributed by atoms with Crippen LogP contribution < -0.4 is 5.32 Å². The number of ether oxygens (including phenoxy) is 2. The molecule has 0 bridgehead atoms. The first-order valence-electron chi connectivity index (χ1n) is 4.72. The number of nitrogens with one attached hydrogen (secondary N) is 1. The zero-order valence-corrected chi connectivity index (χ0v) is 9.06. The molecule has 1 N–H and O–H groups in total. The van der Waals surface area contributed by atoms with Crippen molar-refractivity contribution in [2.24, 2.45) is 0 Å². The minimum absolute atomic E-state index is 0. The third-order valence-electron chi connectivity index (χ3n) is 2.85. The average molecular weight is 222 g/mol. The fraction of sp³-hybridized carbons (Fsp3) is 0.889. The van der Waals surface area contributed by atoms with Gasteiger partial charge >= 0.3 is 5.97 Å². The number of rotatable bonds is 1. The molecule has 0 radical (unpaired) electrons. The average Bonchev–Trinajstić information content (AvgIpc) is 2.14. The van der Waals surface area contributed by atoms with Crippen molar-refractivity contribution in [1.29, 1.82) is 0 Å². The molecule has 5 heteroatoms. The Bertz CT molecular complexity index is 218. The van der Waals surface area contributed by atoms with Gasteiger partial charge in [-0.3, -0.25) is 0 Å². The Balaban J connectivity index is 0.000000980. The van der Waals surface area contributed by atoms with Gasteiger partial charge in [-0.25, -0.2) is 4.79 Å². The second kappa shape index (κ2) is 4.47. The van der Waals surface area contributed by atoms with E-state index in [1.54, 1.807) is 0 Å². The van der Waals surface area contributed by atoms with Crippen molar-refractivity contribution in [2.75, 3.05) is 20.2 Å². The van der Waals surface area contributed by atoms with Gasteiger partial charge in [0.05, 0.1) is 12.7 Å². The van der Waals surface area contributed by atoms with Crippen molar-refractivity contribution in [3.63, 3.8) is 0 Å². The van der Waals surface area contributed by atoms with Crippen LogP contribution >= 0.6 is 12.4 Å². The third kappa shape index (κ3) is 2.02. The summed E-state index contributed by atoms with van der Waals surface area (Å²) in [5.41, 5.74) is -0.0584. The Morgan fingerprint density at radius 3 is 2.79 bits per heavy atom. The second-order valence-corrected chi connectivity index (χ2v) is 3.81. The highest BCUT2D eigenvalue weighted by Crippen LogP contribution is 2.32. The summed E-state index contributed by atoms with van der Waals surface area (Å²) in [6.45, 7) is 1.75. The number of hydrogen-bond donors (Lipinski definition) is 1. The van der Waals surface area contributed by atoms with E-state index >= 15 is 0 Å². The van der Waals surface area contributed by atoms with E-state index in [1.165, 1.54) is 7.11 Å². The van der Waals surface area contributed by atoms with E-state index in [2.05, 4.69) is 10.1 Å². The fourth-order valence-electron chi connectivity index (χ4n) is 1.99. The molecule has 2 rings (SSSR count). The van der Waals surface area contributed by atoms with Crippen molar-refractivity contribution >= 4 is 18.4 Å². The largest absolute Gasteiger partial charge is 0.467 e. The van der Waals surface area contributed by atoms with Crippen molar-refractivity contribution in [3.05, 3.63) is 0 Å². The highest BCUT2D eigenvalue weighted by Gasteiger charge is 2.44. The van der Waals surface area contributed by atoms with Crippen molar-refractivity contribution in [1.82, 2.24) is 5.32 Å². The SMILES string of the molecule is COC(=O)C1CCCC2(CNC2)O1.Cl. The van der Waals surface area contributed by atoms with E-state index in [0.717, 1.165) is 32.4 Å². The molecular weight excluding hydrogens is 206 g/mol. The molecule has 2 heterocycles. The summed E-state index contributed by atoms with van der Waals surface area (Å²) in [5.74, 6) is -0.231. The predicted molar refractivity (Wildman–Crippen MR) is 53.6 cm³/mol. The van der Waals surface area contributed by atoms with Crippen molar-refractivity contribution in [3.8, 4) is 0 Å². The van der Waals surface area contributed by atoms with Crippen LogP contribution in [0.15, 0.2) is 0 Å². The van der Waals surface area contributed by atoms with Gasteiger partial charge in [0.2, 0.25) is 0 Å². The van der Waals surface area contributed by atoms with Crippen molar-refractivity contribution < 1.29 is 14.3 Å². The van der Waals surface area contributed by atoms with Crippen molar-refractivity contribution in [2.45, 2.75) is 31.0 Å². The molecule has 82 valence electrons. The number of halogens is 1. The van der Waals surface area contributed by atoms with Gasteiger partial charge < -0.3 is 14.8 Å². The normalized spacial score (nSPS) is 28.8. The molecule has 2 aliphatic heterocycles. The van der Waals surface area contributed by atoms with E-state index in [9.17, 15) is 4.79 Å². The van der Waals surface area contributed by atoms with E-state index in [0.29, 0.717) is 0 Å². The van der Waals surface area contributed by atoms with Gasteiger partial charge in [0, 0.05) is 13.1 Å². The lowest BCUT2D eigenvalue weighted by atomic mass is 9.86. The Morgan fingerprint density at radius 1 is 1.57 bits per heavy atom. The van der Waals surface area contributed by atoms with Gasteiger partial charge in [0.1, 0.15) is 0 Å². The molecule has 1 spiro atoms. The standard InChI is InChI=1S/C9H15NO3.ClH/c1-12-8(11)7-3-2-4-9(13-7)5-10-6-9;/h7,10H,2-6H2,1H3;1H. The highest BCUT2D eigenvalue weighted by molar-refractivity contribution is 5.85. The molecule has 14 heavy (non-hydrogen) atoms. The van der Waals surface area contributed by atoms with Crippen LogP contribution in [0.2, 0.25) is 0 Å². The van der Waals surface area contributed by atoms with Crippen LogP contribution in [0.5, 0.6) is 0 Å². The first-order valence-corrected chi connectivity index (χ1v) is 4.72. The van der Waals surface area contributed by atoms with Gasteiger partial charge in [-0.2, -0.15) is 0 Å². The Hall–Kier alpha value is -0.320. The summed E-state index contributed by atoms with van der Waals surface area (Å²) in [4.78, 5) is 11.2. The molecular formula is C9H16ClNO3. The van der Waals surface area contributed by atoms with Crippen LogP contribution in [-0.4, -0.2) is 37.9 Å². The lowest BCUT2D eigenvalue weighted by Gasteiger charge is -2.47. The molecule has 0 amide bonds. The van der Waals surface area contributed by atoms with Crippen LogP contribution in [0, 0.1) is 0 Å². The summed E-state index contributed by atoms with van der Waals surface area (Å²) < 4.78 is 10.4. The number of esters is 1. The first-order chi connectivity index (χ1) is 6.26. The third-order valence-corrected chi connectivity index (χ3v) is 2.85. The summed E-state index contributed by atoms with van der Waals surface area (Å²) in [7, 11) is 1.41. The van der Waals surface area contributed by atoms with E-state index in [4.69, 9.17) is 4.74 Å². The van der Waals surface area contributed by atoms with Crippen LogP contribution in [-0.2, 0) is 14.3 Å². The molecule has 2 aliphatic rings. The molecule has 0 aromatic heterocycles. The molecule has 1 atom stereocenters. The van der Waals surface area contributed by atoms with Gasteiger partial charge in [-0.1, -0.05) is 0 Å². The van der Waals surface area contributed by atoms with E-state index < -0.39 is 0 Å². The molecule has 2 saturated heterocycles. The predicted octanol–water partition coefficient (Wildman–Crippen LogP) is 0.492. The van der Waals surface area contributed by atoms with Gasteiger partial charge in [-0.15, -0.1) is 12.4 Å². The molecule has 0 aromatic carbocycles. The maximum atomic E-state index is 11.2. The quantitative estimate of drug-likeness (QED) is 0.655. The summed E-state index contributed by atoms with van der Waals surface area (Å²) in [6.07, 6.45) is 2.59. The molecule has 1 unspecified atom stereocenters. The topological polar surface area (TPSA) is 47.6 Å². The maximum Gasteiger partial charge on any atom is 0.335 e. The summed E-state index contributed by atoms with van der Waals surface area (Å²) >= 11 is 0. The monoisotopic (exact) mass is 221 g/mol. The lowest BCUT2D eigenvalue weighted by Crippen LogP contribution is -2.64. The van der Waals surface area contributed by atoms with Crippen LogP contribution in [0.1, 0.15) is 19.3 Å². The molecule has 4 nitrogen and oxygen atoms in total. The first kappa shape index (κ1) is 11.8. The van der Waals surface area contributed by atoms with E-state index in [-0.39, 0.29) is 30.1 Å². The molecule has 0 saturated carbocycles. The van der Waals surface area contributed by atoms with Crippen LogP contribution in [0.4, 0.5) is 0 Å². The van der Waals surface area contributed by atoms with Gasteiger partial charge in [0.25, 0.3) is 0 Å². The number of carbonyl (C=O) groups is 1. The number of methoxy groups -OCH3 is 1. The smallest absolute Gasteiger partial charge is 0.335 e. The zero-order valence-electron chi connectivity index (χ0n) is 8.25. The van der Waals surface area contributed by atoms with Gasteiger partial charge in [0.15, 0.2) is 6.10 Å². The van der Waals surface area contributed by atoms with Gasteiger partial charge in [-0.05, 0) is 19.3 Å². The van der Waals surface area contributed by atoms with E-state index in [1.807, 2.05) is 0 Å². The number of hydrogen-bond acceptors (Lipinski definition) is 4.